The van der Waals surface area contributed by atoms with Crippen molar-refractivity contribution in [2.24, 2.45) is 17.8 Å². The van der Waals surface area contributed by atoms with E-state index in [1.54, 1.807) is 0 Å². The van der Waals surface area contributed by atoms with Gasteiger partial charge in [-0.2, -0.15) is 0 Å². The molecule has 92 heavy (non-hydrogen) atoms. The van der Waals surface area contributed by atoms with Gasteiger partial charge in [-0.3, -0.25) is 37.3 Å². The summed E-state index contributed by atoms with van der Waals surface area (Å²) >= 11 is 0. The monoisotopic (exact) mass is 1350 g/mol. The van der Waals surface area contributed by atoms with Gasteiger partial charge < -0.3 is 33.8 Å². The van der Waals surface area contributed by atoms with Crippen molar-refractivity contribution in [1.29, 1.82) is 0 Å². The summed E-state index contributed by atoms with van der Waals surface area (Å²) in [4.78, 5) is 72.5. The van der Waals surface area contributed by atoms with Gasteiger partial charge in [0.25, 0.3) is 0 Å². The van der Waals surface area contributed by atoms with Crippen LogP contribution in [0.3, 0.4) is 0 Å². The van der Waals surface area contributed by atoms with Crippen LogP contribution in [0.5, 0.6) is 0 Å². The third-order valence-corrected chi connectivity index (χ3v) is 19.1. The summed E-state index contributed by atoms with van der Waals surface area (Å²) < 4.78 is 68.3. The summed E-state index contributed by atoms with van der Waals surface area (Å²) in [6.07, 6.45) is 49.0. The lowest BCUT2D eigenvalue weighted by Gasteiger charge is -2.21. The molecule has 0 radical (unpaired) electrons. The molecule has 0 aromatic rings. The number of carbonyl (C=O) groups is 4. The molecule has 0 bridgehead atoms. The molecular formula is C73H142O17P2. The Morgan fingerprint density at radius 1 is 0.315 bits per heavy atom. The molecule has 3 N–H and O–H groups in total. The molecule has 3 unspecified atom stereocenters. The molecule has 0 saturated carbocycles. The van der Waals surface area contributed by atoms with Crippen LogP contribution in [0.4, 0.5) is 0 Å². The first kappa shape index (κ1) is 90.1. The van der Waals surface area contributed by atoms with Crippen molar-refractivity contribution in [2.75, 3.05) is 39.6 Å². The Bertz CT molecular complexity index is 1800. The van der Waals surface area contributed by atoms with E-state index in [1.165, 1.54) is 173 Å². The molecule has 19 heteroatoms. The fourth-order valence-corrected chi connectivity index (χ4v) is 12.6. The van der Waals surface area contributed by atoms with Gasteiger partial charge in [0.15, 0.2) is 12.2 Å². The Morgan fingerprint density at radius 2 is 0.554 bits per heavy atom. The number of rotatable bonds is 71. The van der Waals surface area contributed by atoms with E-state index >= 15 is 0 Å². The number of phosphoric acid groups is 2. The van der Waals surface area contributed by atoms with E-state index in [4.69, 9.17) is 37.0 Å². The van der Waals surface area contributed by atoms with Gasteiger partial charge in [0.05, 0.1) is 26.4 Å². The molecule has 0 rings (SSSR count). The Balaban J connectivity index is 5.17. The third kappa shape index (κ3) is 65.4. The van der Waals surface area contributed by atoms with Gasteiger partial charge in [-0.05, 0) is 43.4 Å². The zero-order chi connectivity index (χ0) is 68.0. The standard InChI is InChI=1S/C73H142O17P2/c1-8-10-11-12-13-14-15-16-17-18-19-20-21-22-23-24-25-26-33-42-49-56-72(77)89-68(60-83-70(75)54-47-40-32-28-27-31-39-46-53-66(7)9-2)62-87-91(79,80)85-58-67(74)59-86-92(81,82)88-63-69(61-84-71(76)55-48-41-36-35-38-45-52-65(5)6)90-73(78)57-50-43-34-29-30-37-44-51-64(3)4/h64-69,74H,8-63H2,1-7H3,(H,79,80)(H,81,82)/t66?,67-,68-,69-/m1/s1. The molecular weight excluding hydrogens is 1210 g/mol. The molecule has 0 aliphatic rings. The summed E-state index contributed by atoms with van der Waals surface area (Å²) in [5.41, 5.74) is 0. The number of esters is 4. The maximum atomic E-state index is 13.0. The smallest absolute Gasteiger partial charge is 0.462 e. The fraction of sp³-hybridized carbons (Fsp3) is 0.945. The molecule has 17 nitrogen and oxygen atoms in total. The Kier molecular flexibility index (Phi) is 62.4. The number of aliphatic hydroxyl groups is 1. The highest BCUT2D eigenvalue weighted by molar-refractivity contribution is 7.47. The van der Waals surface area contributed by atoms with Crippen LogP contribution in [0.25, 0.3) is 0 Å². The highest BCUT2D eigenvalue weighted by Crippen LogP contribution is 2.45. The van der Waals surface area contributed by atoms with E-state index in [1.807, 2.05) is 0 Å². The average molecular weight is 1350 g/mol. The normalized spacial score (nSPS) is 14.4. The summed E-state index contributed by atoms with van der Waals surface area (Å²) in [5.74, 6) is 0.0234. The molecule has 0 heterocycles. The molecule has 0 aromatic carbocycles. The second kappa shape index (κ2) is 63.8. The first-order chi connectivity index (χ1) is 44.3. The van der Waals surface area contributed by atoms with Crippen molar-refractivity contribution in [1.82, 2.24) is 0 Å². The number of phosphoric ester groups is 2. The van der Waals surface area contributed by atoms with Crippen molar-refractivity contribution in [3.63, 3.8) is 0 Å². The minimum Gasteiger partial charge on any atom is -0.462 e. The number of hydrogen-bond donors (Lipinski definition) is 3. The van der Waals surface area contributed by atoms with E-state index in [2.05, 4.69) is 48.5 Å². The fourth-order valence-electron chi connectivity index (χ4n) is 11.0. The number of unbranched alkanes of at least 4 members (excludes halogenated alkanes) is 38. The molecule has 0 aromatic heterocycles. The van der Waals surface area contributed by atoms with Gasteiger partial charge in [0, 0.05) is 25.7 Å². The van der Waals surface area contributed by atoms with Crippen LogP contribution in [-0.2, 0) is 65.4 Å². The summed E-state index contributed by atoms with van der Waals surface area (Å²) in [6.45, 7) is 11.7. The number of hydrogen-bond acceptors (Lipinski definition) is 15. The molecule has 0 aliphatic heterocycles. The molecule has 546 valence electrons. The third-order valence-electron chi connectivity index (χ3n) is 17.2. The van der Waals surface area contributed by atoms with E-state index in [0.717, 1.165) is 102 Å². The Labute approximate surface area is 562 Å². The predicted molar refractivity (Wildman–Crippen MR) is 372 cm³/mol. The second-order valence-electron chi connectivity index (χ2n) is 27.5. The van der Waals surface area contributed by atoms with Crippen LogP contribution >= 0.6 is 15.6 Å². The highest BCUT2D eigenvalue weighted by atomic mass is 31.2. The maximum Gasteiger partial charge on any atom is 0.472 e. The number of ether oxygens (including phenoxy) is 4. The van der Waals surface area contributed by atoms with Crippen LogP contribution in [-0.4, -0.2) is 96.7 Å². The van der Waals surface area contributed by atoms with Crippen LogP contribution in [0.1, 0.15) is 370 Å². The van der Waals surface area contributed by atoms with Crippen molar-refractivity contribution < 1.29 is 80.2 Å². The first-order valence-corrected chi connectivity index (χ1v) is 40.9. The topological polar surface area (TPSA) is 237 Å². The van der Waals surface area contributed by atoms with Gasteiger partial charge >= 0.3 is 39.5 Å². The second-order valence-corrected chi connectivity index (χ2v) is 30.4. The van der Waals surface area contributed by atoms with Gasteiger partial charge in [0.1, 0.15) is 19.3 Å². The van der Waals surface area contributed by atoms with Gasteiger partial charge in [-0.25, -0.2) is 9.13 Å². The van der Waals surface area contributed by atoms with E-state index in [-0.39, 0.29) is 25.7 Å². The van der Waals surface area contributed by atoms with Crippen molar-refractivity contribution in [3.8, 4) is 0 Å². The SMILES string of the molecule is CCCCCCCCCCCCCCCCCCCCCCCC(=O)O[C@H](COC(=O)CCCCCCCCCCC(C)CC)COP(=O)(O)OC[C@@H](O)COP(=O)(O)OC[C@@H](COC(=O)CCCCCCCCC(C)C)OC(=O)CCCCCCCCCC(C)C. The molecule has 0 fully saturated rings. The molecule has 0 aliphatic carbocycles. The van der Waals surface area contributed by atoms with Gasteiger partial charge in [-0.15, -0.1) is 0 Å². The number of aliphatic hydroxyl groups excluding tert-OH is 1. The minimum atomic E-state index is -4.95. The highest BCUT2D eigenvalue weighted by Gasteiger charge is 2.30. The molecule has 0 amide bonds. The first-order valence-electron chi connectivity index (χ1n) is 37.9. The van der Waals surface area contributed by atoms with Crippen molar-refractivity contribution in [2.45, 2.75) is 388 Å². The predicted octanol–water partition coefficient (Wildman–Crippen LogP) is 21.0. The maximum absolute atomic E-state index is 13.0. The zero-order valence-corrected chi connectivity index (χ0v) is 61.8. The van der Waals surface area contributed by atoms with Crippen LogP contribution < -0.4 is 0 Å². The molecule has 0 saturated heterocycles. The average Bonchev–Trinajstić information content (AvgIpc) is 2.10. The lowest BCUT2D eigenvalue weighted by atomic mass is 9.99. The summed E-state index contributed by atoms with van der Waals surface area (Å²) in [5, 5.41) is 10.6. The van der Waals surface area contributed by atoms with E-state index in [0.29, 0.717) is 37.5 Å². The quantitative estimate of drug-likeness (QED) is 0.0222. The Morgan fingerprint density at radius 3 is 0.826 bits per heavy atom. The van der Waals surface area contributed by atoms with Gasteiger partial charge in [0.2, 0.25) is 0 Å². The van der Waals surface area contributed by atoms with E-state index < -0.39 is 97.5 Å². The lowest BCUT2D eigenvalue weighted by molar-refractivity contribution is -0.161. The number of carbonyl (C=O) groups excluding carboxylic acids is 4. The Hall–Kier alpha value is -1.94. The summed E-state index contributed by atoms with van der Waals surface area (Å²) in [7, 11) is -9.90. The zero-order valence-electron chi connectivity index (χ0n) is 60.0. The summed E-state index contributed by atoms with van der Waals surface area (Å²) in [6, 6.07) is 0. The minimum absolute atomic E-state index is 0.102. The van der Waals surface area contributed by atoms with Crippen LogP contribution in [0.15, 0.2) is 0 Å². The lowest BCUT2D eigenvalue weighted by Crippen LogP contribution is -2.30. The van der Waals surface area contributed by atoms with E-state index in [9.17, 15) is 43.2 Å². The van der Waals surface area contributed by atoms with Crippen LogP contribution in [0.2, 0.25) is 0 Å². The molecule has 0 spiro atoms. The van der Waals surface area contributed by atoms with Crippen LogP contribution in [0, 0.1) is 17.8 Å². The van der Waals surface area contributed by atoms with Crippen molar-refractivity contribution in [3.05, 3.63) is 0 Å². The largest absolute Gasteiger partial charge is 0.472 e. The van der Waals surface area contributed by atoms with Gasteiger partial charge in [-0.1, -0.05) is 318 Å². The van der Waals surface area contributed by atoms with Crippen molar-refractivity contribution >= 4 is 39.5 Å². The molecule has 6 atom stereocenters.